The average molecular weight is 477 g/mol. The lowest BCUT2D eigenvalue weighted by atomic mass is 10.1. The lowest BCUT2D eigenvalue weighted by molar-refractivity contribution is -0.131. The van der Waals surface area contributed by atoms with Crippen molar-refractivity contribution in [2.45, 2.75) is 32.9 Å². The molecule has 0 radical (unpaired) electrons. The zero-order valence-corrected chi connectivity index (χ0v) is 19.4. The van der Waals surface area contributed by atoms with Crippen LogP contribution in [-0.4, -0.2) is 39.6 Å². The average Bonchev–Trinajstić information content (AvgIpc) is 3.33. The van der Waals surface area contributed by atoms with E-state index in [1.807, 2.05) is 23.1 Å². The molecule has 0 atom stereocenters. The first-order chi connectivity index (χ1) is 14.9. The Kier molecular flexibility index (Phi) is 6.65. The number of aryl methyl sites for hydroxylation is 1. The molecule has 2 aromatic heterocycles. The number of fused-ring (bicyclic) bond motifs is 1. The number of benzene rings is 1. The summed E-state index contributed by atoms with van der Waals surface area (Å²) >= 11 is 14.4. The summed E-state index contributed by atoms with van der Waals surface area (Å²) in [5, 5.41) is 10.1. The molecule has 0 fully saturated rings. The molecule has 9 heteroatoms. The molecule has 1 aliphatic rings. The number of aromatic nitrogens is 2. The van der Waals surface area contributed by atoms with Crippen LogP contribution in [0.15, 0.2) is 35.7 Å². The molecule has 1 N–H and O–H groups in total. The Balaban J connectivity index is 1.34. The fourth-order valence-electron chi connectivity index (χ4n) is 3.69. The van der Waals surface area contributed by atoms with Crippen LogP contribution in [0.1, 0.15) is 38.5 Å². The number of nitrogens with zero attached hydrogens (tertiary/aromatic N) is 3. The smallest absolute Gasteiger partial charge is 0.256 e. The van der Waals surface area contributed by atoms with E-state index in [1.165, 1.54) is 10.4 Å². The Morgan fingerprint density at radius 2 is 2.03 bits per heavy atom. The van der Waals surface area contributed by atoms with Crippen molar-refractivity contribution in [2.24, 2.45) is 0 Å². The van der Waals surface area contributed by atoms with Crippen molar-refractivity contribution in [3.63, 3.8) is 0 Å². The second-order valence-electron chi connectivity index (χ2n) is 7.44. The number of halogens is 2. The molecule has 0 aliphatic carbocycles. The highest BCUT2D eigenvalue weighted by Crippen LogP contribution is 2.25. The number of nitrogens with one attached hydrogen (secondary N) is 1. The van der Waals surface area contributed by atoms with Crippen LogP contribution in [0, 0.1) is 6.92 Å². The van der Waals surface area contributed by atoms with E-state index >= 15 is 0 Å². The number of amides is 2. The molecule has 1 aromatic carbocycles. The molecule has 3 aromatic rings. The predicted octanol–water partition coefficient (Wildman–Crippen LogP) is 4.31. The molecular formula is C22H22Cl2N4O2S. The number of rotatable bonds is 6. The van der Waals surface area contributed by atoms with Gasteiger partial charge in [-0.25, -0.2) is 4.68 Å². The second kappa shape index (κ2) is 9.42. The Labute approximate surface area is 194 Å². The number of hydrogen-bond donors (Lipinski definition) is 1. The van der Waals surface area contributed by atoms with E-state index < -0.39 is 0 Å². The summed E-state index contributed by atoms with van der Waals surface area (Å²) in [6, 6.07) is 9.50. The molecule has 3 heterocycles. The van der Waals surface area contributed by atoms with Gasteiger partial charge in [-0.05, 0) is 42.0 Å². The highest BCUT2D eigenvalue weighted by molar-refractivity contribution is 7.10. The third-order valence-electron chi connectivity index (χ3n) is 5.36. The van der Waals surface area contributed by atoms with Crippen molar-refractivity contribution in [1.82, 2.24) is 20.0 Å². The summed E-state index contributed by atoms with van der Waals surface area (Å²) < 4.78 is 1.56. The maximum Gasteiger partial charge on any atom is 0.256 e. The number of carbonyl (C=O) groups is 2. The first-order valence-electron chi connectivity index (χ1n) is 10.0. The second-order valence-corrected chi connectivity index (χ2v) is 9.21. The van der Waals surface area contributed by atoms with Gasteiger partial charge in [0.2, 0.25) is 5.91 Å². The summed E-state index contributed by atoms with van der Waals surface area (Å²) in [5.41, 5.74) is 2.94. The van der Waals surface area contributed by atoms with Crippen LogP contribution in [0.25, 0.3) is 0 Å². The van der Waals surface area contributed by atoms with Gasteiger partial charge in [-0.2, -0.15) is 5.10 Å². The van der Waals surface area contributed by atoms with Crippen molar-refractivity contribution in [3.05, 3.63) is 73.1 Å². The lowest BCUT2D eigenvalue weighted by Gasteiger charge is -2.27. The Bertz CT molecular complexity index is 1120. The molecule has 1 aliphatic heterocycles. The zero-order chi connectivity index (χ0) is 22.0. The fourth-order valence-corrected chi connectivity index (χ4v) is 5.10. The standard InChI is InChI=1S/C22H22Cl2N4O2S/c1-14-20(21(24)28(26-14)13-15-4-2-3-5-17(15)23)22(30)25-9-6-19(29)27-10-7-18-16(12-27)8-11-31-18/h2-5,8,11H,6-7,9-10,12-13H2,1H3,(H,25,30). The first kappa shape index (κ1) is 21.9. The predicted molar refractivity (Wildman–Crippen MR) is 123 cm³/mol. The van der Waals surface area contributed by atoms with Gasteiger partial charge in [0.1, 0.15) is 5.15 Å². The van der Waals surface area contributed by atoms with E-state index in [1.54, 1.807) is 29.0 Å². The van der Waals surface area contributed by atoms with Crippen LogP contribution in [0.4, 0.5) is 0 Å². The molecule has 0 saturated carbocycles. The third-order valence-corrected chi connectivity index (χ3v) is 7.13. The monoisotopic (exact) mass is 476 g/mol. The minimum absolute atomic E-state index is 0.0365. The molecule has 6 nitrogen and oxygen atoms in total. The van der Waals surface area contributed by atoms with E-state index in [0.29, 0.717) is 29.4 Å². The maximum atomic E-state index is 12.7. The van der Waals surface area contributed by atoms with Crippen LogP contribution >= 0.6 is 34.5 Å². The van der Waals surface area contributed by atoms with Gasteiger partial charge in [0.15, 0.2) is 0 Å². The van der Waals surface area contributed by atoms with Gasteiger partial charge in [0, 0.05) is 36.0 Å². The summed E-state index contributed by atoms with van der Waals surface area (Å²) in [5.74, 6) is -0.297. The van der Waals surface area contributed by atoms with Crippen LogP contribution in [0.3, 0.4) is 0 Å². The molecule has 2 amide bonds. The van der Waals surface area contributed by atoms with E-state index in [4.69, 9.17) is 23.2 Å². The van der Waals surface area contributed by atoms with Crippen molar-refractivity contribution < 1.29 is 9.59 Å². The molecule has 162 valence electrons. The van der Waals surface area contributed by atoms with Gasteiger partial charge in [-0.15, -0.1) is 11.3 Å². The van der Waals surface area contributed by atoms with Gasteiger partial charge in [-0.3, -0.25) is 9.59 Å². The first-order valence-corrected chi connectivity index (χ1v) is 11.6. The van der Waals surface area contributed by atoms with Crippen molar-refractivity contribution in [2.75, 3.05) is 13.1 Å². The van der Waals surface area contributed by atoms with E-state index in [-0.39, 0.29) is 29.9 Å². The van der Waals surface area contributed by atoms with Gasteiger partial charge in [0.05, 0.1) is 17.8 Å². The summed E-state index contributed by atoms with van der Waals surface area (Å²) in [4.78, 5) is 28.5. The lowest BCUT2D eigenvalue weighted by Crippen LogP contribution is -2.37. The van der Waals surface area contributed by atoms with E-state index in [0.717, 1.165) is 18.5 Å². The van der Waals surface area contributed by atoms with Crippen molar-refractivity contribution in [3.8, 4) is 0 Å². The molecule has 0 saturated heterocycles. The van der Waals surface area contributed by atoms with Gasteiger partial charge in [-0.1, -0.05) is 41.4 Å². The van der Waals surface area contributed by atoms with Crippen molar-refractivity contribution >= 4 is 46.4 Å². The molecule has 0 unspecified atom stereocenters. The SMILES string of the molecule is Cc1nn(Cc2ccccc2Cl)c(Cl)c1C(=O)NCCC(=O)N1CCc2sccc2C1. The highest BCUT2D eigenvalue weighted by atomic mass is 35.5. The number of thiophene rings is 1. The van der Waals surface area contributed by atoms with Crippen LogP contribution in [0.5, 0.6) is 0 Å². The largest absolute Gasteiger partial charge is 0.351 e. The van der Waals surface area contributed by atoms with Crippen molar-refractivity contribution in [1.29, 1.82) is 0 Å². The number of hydrogen-bond acceptors (Lipinski definition) is 4. The topological polar surface area (TPSA) is 67.2 Å². The van der Waals surface area contributed by atoms with Crippen LogP contribution in [-0.2, 0) is 24.3 Å². The minimum Gasteiger partial charge on any atom is -0.351 e. The Morgan fingerprint density at radius 3 is 2.84 bits per heavy atom. The normalized spacial score (nSPS) is 13.2. The van der Waals surface area contributed by atoms with Crippen LogP contribution < -0.4 is 5.32 Å². The quantitative estimate of drug-likeness (QED) is 0.576. The fraction of sp³-hybridized carbons (Fsp3) is 0.318. The third kappa shape index (κ3) is 4.79. The minimum atomic E-state index is -0.334. The molecule has 0 spiro atoms. The van der Waals surface area contributed by atoms with Gasteiger partial charge >= 0.3 is 0 Å². The molecule has 4 rings (SSSR count). The number of carbonyl (C=O) groups excluding carboxylic acids is 2. The van der Waals surface area contributed by atoms with E-state index in [2.05, 4.69) is 21.9 Å². The molecule has 31 heavy (non-hydrogen) atoms. The van der Waals surface area contributed by atoms with Gasteiger partial charge in [0.25, 0.3) is 5.91 Å². The Hall–Kier alpha value is -2.35. The van der Waals surface area contributed by atoms with Gasteiger partial charge < -0.3 is 10.2 Å². The molecular weight excluding hydrogens is 455 g/mol. The summed E-state index contributed by atoms with van der Waals surface area (Å²) in [6.07, 6.45) is 1.14. The highest BCUT2D eigenvalue weighted by Gasteiger charge is 2.23. The summed E-state index contributed by atoms with van der Waals surface area (Å²) in [7, 11) is 0. The van der Waals surface area contributed by atoms with Crippen LogP contribution in [0.2, 0.25) is 10.2 Å². The zero-order valence-electron chi connectivity index (χ0n) is 17.0. The van der Waals surface area contributed by atoms with E-state index in [9.17, 15) is 9.59 Å². The summed E-state index contributed by atoms with van der Waals surface area (Å²) in [6.45, 7) is 3.72. The molecule has 0 bridgehead atoms. The maximum absolute atomic E-state index is 12.7. The Morgan fingerprint density at radius 1 is 1.23 bits per heavy atom.